The van der Waals surface area contributed by atoms with Gasteiger partial charge in [0.2, 0.25) is 0 Å². The molecular formula is C17H20N4O3. The van der Waals surface area contributed by atoms with Crippen LogP contribution in [0.2, 0.25) is 0 Å². The number of nitrogens with zero attached hydrogens (tertiary/aromatic N) is 2. The summed E-state index contributed by atoms with van der Waals surface area (Å²) >= 11 is 0. The van der Waals surface area contributed by atoms with Crippen LogP contribution in [0.4, 0.5) is 21.9 Å². The first-order valence-corrected chi connectivity index (χ1v) is 7.43. The Morgan fingerprint density at radius 3 is 2.42 bits per heavy atom. The van der Waals surface area contributed by atoms with Gasteiger partial charge in [-0.05, 0) is 30.7 Å². The molecule has 24 heavy (non-hydrogen) atoms. The second kappa shape index (κ2) is 7.45. The van der Waals surface area contributed by atoms with Gasteiger partial charge in [-0.1, -0.05) is 18.2 Å². The molecule has 0 aliphatic heterocycles. The second-order valence-electron chi connectivity index (χ2n) is 5.63. The van der Waals surface area contributed by atoms with Crippen LogP contribution in [0.5, 0.6) is 0 Å². The Kier molecular flexibility index (Phi) is 5.36. The van der Waals surface area contributed by atoms with Crippen molar-refractivity contribution in [3.8, 4) is 0 Å². The van der Waals surface area contributed by atoms with Crippen molar-refractivity contribution in [3.05, 3.63) is 63.7 Å². The Hall–Kier alpha value is -3.09. The van der Waals surface area contributed by atoms with Crippen molar-refractivity contribution in [2.45, 2.75) is 13.5 Å². The molecule has 0 spiro atoms. The summed E-state index contributed by atoms with van der Waals surface area (Å²) in [7, 11) is 3.92. The van der Waals surface area contributed by atoms with E-state index < -0.39 is 11.0 Å². The van der Waals surface area contributed by atoms with Crippen LogP contribution in [-0.4, -0.2) is 25.0 Å². The zero-order valence-electron chi connectivity index (χ0n) is 13.9. The molecule has 7 heteroatoms. The molecule has 0 fully saturated rings. The molecule has 126 valence electrons. The van der Waals surface area contributed by atoms with Crippen LogP contribution in [-0.2, 0) is 6.54 Å². The van der Waals surface area contributed by atoms with E-state index in [0.29, 0.717) is 17.8 Å². The SMILES string of the molecule is Cc1ccc(NC(=O)NCc2ccc(N(C)C)cc2)cc1[N+](=O)[O-]. The lowest BCUT2D eigenvalue weighted by Crippen LogP contribution is -2.28. The molecule has 2 N–H and O–H groups in total. The van der Waals surface area contributed by atoms with Crippen LogP contribution >= 0.6 is 0 Å². The molecule has 0 saturated carbocycles. The zero-order chi connectivity index (χ0) is 17.7. The van der Waals surface area contributed by atoms with Crippen molar-refractivity contribution in [3.63, 3.8) is 0 Å². The fraction of sp³-hybridized carbons (Fsp3) is 0.235. The number of benzene rings is 2. The van der Waals surface area contributed by atoms with E-state index in [1.165, 1.54) is 6.07 Å². The lowest BCUT2D eigenvalue weighted by atomic mass is 10.2. The van der Waals surface area contributed by atoms with Gasteiger partial charge in [-0.3, -0.25) is 10.1 Å². The van der Waals surface area contributed by atoms with Gasteiger partial charge >= 0.3 is 6.03 Å². The molecule has 2 aromatic rings. The summed E-state index contributed by atoms with van der Waals surface area (Å²) in [5.74, 6) is 0. The van der Waals surface area contributed by atoms with E-state index in [2.05, 4.69) is 10.6 Å². The number of rotatable bonds is 5. The summed E-state index contributed by atoms with van der Waals surface area (Å²) in [6.07, 6.45) is 0. The number of carbonyl (C=O) groups is 1. The van der Waals surface area contributed by atoms with Gasteiger partial charge in [0, 0.05) is 43.6 Å². The van der Waals surface area contributed by atoms with E-state index in [1.807, 2.05) is 43.3 Å². The monoisotopic (exact) mass is 328 g/mol. The van der Waals surface area contributed by atoms with E-state index in [1.54, 1.807) is 19.1 Å². The number of aryl methyl sites for hydroxylation is 1. The van der Waals surface area contributed by atoms with Gasteiger partial charge in [-0.2, -0.15) is 0 Å². The Bertz CT molecular complexity index is 742. The van der Waals surface area contributed by atoms with Gasteiger partial charge in [0.1, 0.15) is 0 Å². The van der Waals surface area contributed by atoms with E-state index >= 15 is 0 Å². The van der Waals surface area contributed by atoms with Crippen molar-refractivity contribution in [1.29, 1.82) is 0 Å². The van der Waals surface area contributed by atoms with Crippen LogP contribution < -0.4 is 15.5 Å². The molecular weight excluding hydrogens is 308 g/mol. The molecule has 0 heterocycles. The van der Waals surface area contributed by atoms with Gasteiger partial charge in [-0.15, -0.1) is 0 Å². The number of nitro benzene ring substituents is 1. The van der Waals surface area contributed by atoms with Crippen LogP contribution in [0.1, 0.15) is 11.1 Å². The molecule has 0 aromatic heterocycles. The third-order valence-electron chi connectivity index (χ3n) is 3.57. The Balaban J connectivity index is 1.94. The predicted molar refractivity (Wildman–Crippen MR) is 94.5 cm³/mol. The second-order valence-corrected chi connectivity index (χ2v) is 5.63. The van der Waals surface area contributed by atoms with Crippen molar-refractivity contribution in [2.75, 3.05) is 24.3 Å². The lowest BCUT2D eigenvalue weighted by molar-refractivity contribution is -0.385. The molecule has 0 atom stereocenters. The first-order valence-electron chi connectivity index (χ1n) is 7.43. The maximum Gasteiger partial charge on any atom is 0.319 e. The molecule has 0 radical (unpaired) electrons. The number of anilines is 2. The van der Waals surface area contributed by atoms with Gasteiger partial charge < -0.3 is 15.5 Å². The Labute approximate surface area is 140 Å². The average molecular weight is 328 g/mol. The quantitative estimate of drug-likeness (QED) is 0.651. The van der Waals surface area contributed by atoms with Gasteiger partial charge in [-0.25, -0.2) is 4.79 Å². The van der Waals surface area contributed by atoms with E-state index in [-0.39, 0.29) is 5.69 Å². The standard InChI is InChI=1S/C17H20N4O3/c1-12-4-7-14(10-16(12)21(23)24)19-17(22)18-11-13-5-8-15(9-6-13)20(2)3/h4-10H,11H2,1-3H3,(H2,18,19,22). The summed E-state index contributed by atoms with van der Waals surface area (Å²) in [5, 5.41) is 16.2. The van der Waals surface area contributed by atoms with E-state index in [4.69, 9.17) is 0 Å². The third kappa shape index (κ3) is 4.45. The van der Waals surface area contributed by atoms with Gasteiger partial charge in [0.25, 0.3) is 5.69 Å². The van der Waals surface area contributed by atoms with Gasteiger partial charge in [0.05, 0.1) is 4.92 Å². The number of hydrogen-bond acceptors (Lipinski definition) is 4. The van der Waals surface area contributed by atoms with Crippen molar-refractivity contribution < 1.29 is 9.72 Å². The summed E-state index contributed by atoms with van der Waals surface area (Å²) in [6, 6.07) is 12.0. The van der Waals surface area contributed by atoms with E-state index in [9.17, 15) is 14.9 Å². The minimum Gasteiger partial charge on any atom is -0.378 e. The minimum atomic E-state index is -0.468. The number of nitrogens with one attached hydrogen (secondary N) is 2. The maximum absolute atomic E-state index is 11.9. The number of nitro groups is 1. The largest absolute Gasteiger partial charge is 0.378 e. The summed E-state index contributed by atoms with van der Waals surface area (Å²) in [6.45, 7) is 2.02. The summed E-state index contributed by atoms with van der Waals surface area (Å²) in [5.41, 5.74) is 2.95. The first-order chi connectivity index (χ1) is 11.4. The number of amides is 2. The molecule has 0 saturated heterocycles. The fourth-order valence-electron chi connectivity index (χ4n) is 2.15. The first kappa shape index (κ1) is 17.3. The van der Waals surface area contributed by atoms with Crippen LogP contribution in [0, 0.1) is 17.0 Å². The maximum atomic E-state index is 11.9. The zero-order valence-corrected chi connectivity index (χ0v) is 13.9. The molecule has 0 aliphatic carbocycles. The molecule has 0 aliphatic rings. The van der Waals surface area contributed by atoms with E-state index in [0.717, 1.165) is 11.3 Å². The van der Waals surface area contributed by atoms with Gasteiger partial charge in [0.15, 0.2) is 0 Å². The number of hydrogen-bond donors (Lipinski definition) is 2. The molecule has 0 unspecified atom stereocenters. The van der Waals surface area contributed by atoms with Crippen molar-refractivity contribution in [1.82, 2.24) is 5.32 Å². The molecule has 0 bridgehead atoms. The van der Waals surface area contributed by atoms with Crippen LogP contribution in [0.3, 0.4) is 0 Å². The smallest absolute Gasteiger partial charge is 0.319 e. The Morgan fingerprint density at radius 1 is 1.17 bits per heavy atom. The average Bonchev–Trinajstić information content (AvgIpc) is 2.55. The number of urea groups is 1. The normalized spacial score (nSPS) is 10.1. The molecule has 2 amide bonds. The van der Waals surface area contributed by atoms with Crippen molar-refractivity contribution in [2.24, 2.45) is 0 Å². The highest BCUT2D eigenvalue weighted by atomic mass is 16.6. The highest BCUT2D eigenvalue weighted by Gasteiger charge is 2.12. The molecule has 7 nitrogen and oxygen atoms in total. The van der Waals surface area contributed by atoms with Crippen LogP contribution in [0.15, 0.2) is 42.5 Å². The summed E-state index contributed by atoms with van der Waals surface area (Å²) < 4.78 is 0. The molecule has 2 aromatic carbocycles. The highest BCUT2D eigenvalue weighted by Crippen LogP contribution is 2.22. The number of carbonyl (C=O) groups excluding carboxylic acids is 1. The third-order valence-corrected chi connectivity index (χ3v) is 3.57. The Morgan fingerprint density at radius 2 is 1.83 bits per heavy atom. The summed E-state index contributed by atoms with van der Waals surface area (Å²) in [4.78, 5) is 24.4. The van der Waals surface area contributed by atoms with Crippen LogP contribution in [0.25, 0.3) is 0 Å². The lowest BCUT2D eigenvalue weighted by Gasteiger charge is -2.13. The topological polar surface area (TPSA) is 87.5 Å². The minimum absolute atomic E-state index is 0.0212. The fourth-order valence-corrected chi connectivity index (χ4v) is 2.15. The predicted octanol–water partition coefficient (Wildman–Crippen LogP) is 3.29. The van der Waals surface area contributed by atoms with Crippen molar-refractivity contribution >= 4 is 23.1 Å². The highest BCUT2D eigenvalue weighted by molar-refractivity contribution is 5.89. The molecule has 2 rings (SSSR count).